The Labute approximate surface area is 57.2 Å². The highest BCUT2D eigenvalue weighted by Gasteiger charge is 2.14. The Morgan fingerprint density at radius 2 is 1.89 bits per heavy atom. The fraction of sp³-hybridized carbons (Fsp3) is 1.00. The van der Waals surface area contributed by atoms with Crippen LogP contribution < -0.4 is 0 Å². The largest absolute Gasteiger partial charge is 0.354 e. The summed E-state index contributed by atoms with van der Waals surface area (Å²) >= 11 is 0. The first-order valence-electron chi connectivity index (χ1n) is 3.31. The predicted octanol–water partition coefficient (Wildman–Crippen LogP) is 1.80. The lowest BCUT2D eigenvalue weighted by Gasteiger charge is -2.22. The quantitative estimate of drug-likeness (QED) is 0.543. The molecule has 56 valence electrons. The summed E-state index contributed by atoms with van der Waals surface area (Å²) in [6.07, 6.45) is 1.03. The van der Waals surface area contributed by atoms with Gasteiger partial charge in [0.1, 0.15) is 0 Å². The summed E-state index contributed by atoms with van der Waals surface area (Å²) in [7, 11) is 1.65. The molecule has 0 aromatic heterocycles. The van der Waals surface area contributed by atoms with Crippen LogP contribution in [0.15, 0.2) is 0 Å². The summed E-state index contributed by atoms with van der Waals surface area (Å²) in [5, 5.41) is 0. The van der Waals surface area contributed by atoms with Gasteiger partial charge in [0, 0.05) is 13.7 Å². The van der Waals surface area contributed by atoms with Crippen LogP contribution in [0, 0.1) is 0 Å². The second-order valence-electron chi connectivity index (χ2n) is 2.45. The van der Waals surface area contributed by atoms with E-state index < -0.39 is 5.79 Å². The molecule has 9 heavy (non-hydrogen) atoms. The molecule has 0 bridgehead atoms. The summed E-state index contributed by atoms with van der Waals surface area (Å²) in [6, 6.07) is 0. The maximum Gasteiger partial charge on any atom is 0.162 e. The first-order chi connectivity index (χ1) is 4.12. The van der Waals surface area contributed by atoms with Crippen LogP contribution in [0.3, 0.4) is 0 Å². The van der Waals surface area contributed by atoms with Crippen molar-refractivity contribution >= 4 is 0 Å². The highest BCUT2D eigenvalue weighted by Crippen LogP contribution is 2.08. The van der Waals surface area contributed by atoms with Gasteiger partial charge in [0.25, 0.3) is 0 Å². The Kier molecular flexibility index (Phi) is 3.82. The molecular weight excluding hydrogens is 116 g/mol. The zero-order valence-electron chi connectivity index (χ0n) is 6.73. The van der Waals surface area contributed by atoms with E-state index in [0.717, 1.165) is 13.0 Å². The van der Waals surface area contributed by atoms with Crippen molar-refractivity contribution in [2.75, 3.05) is 13.7 Å². The molecule has 0 N–H and O–H groups in total. The molecule has 0 fully saturated rings. The SMILES string of the molecule is CCCOC(C)(C)OC. The van der Waals surface area contributed by atoms with Crippen molar-refractivity contribution in [1.82, 2.24) is 0 Å². The van der Waals surface area contributed by atoms with Crippen LogP contribution >= 0.6 is 0 Å². The lowest BCUT2D eigenvalue weighted by atomic mass is 10.4. The van der Waals surface area contributed by atoms with Crippen LogP contribution in [-0.2, 0) is 9.47 Å². The van der Waals surface area contributed by atoms with Gasteiger partial charge in [-0.25, -0.2) is 0 Å². The van der Waals surface area contributed by atoms with Gasteiger partial charge in [0.2, 0.25) is 0 Å². The van der Waals surface area contributed by atoms with E-state index >= 15 is 0 Å². The van der Waals surface area contributed by atoms with Crippen molar-refractivity contribution in [3.8, 4) is 0 Å². The van der Waals surface area contributed by atoms with Crippen molar-refractivity contribution in [1.29, 1.82) is 0 Å². The third-order valence-corrected chi connectivity index (χ3v) is 1.15. The third-order valence-electron chi connectivity index (χ3n) is 1.15. The normalized spacial score (nSPS) is 12.0. The summed E-state index contributed by atoms with van der Waals surface area (Å²) < 4.78 is 10.3. The molecule has 0 spiro atoms. The molecule has 0 atom stereocenters. The van der Waals surface area contributed by atoms with Gasteiger partial charge in [-0.2, -0.15) is 0 Å². The van der Waals surface area contributed by atoms with E-state index in [2.05, 4.69) is 6.92 Å². The van der Waals surface area contributed by atoms with Crippen molar-refractivity contribution in [3.05, 3.63) is 0 Å². The van der Waals surface area contributed by atoms with E-state index in [1.807, 2.05) is 13.8 Å². The van der Waals surface area contributed by atoms with Gasteiger partial charge in [-0.05, 0) is 20.3 Å². The Bertz CT molecular complexity index is 69.3. The average Bonchev–Trinajstić information content (AvgIpc) is 1.84. The van der Waals surface area contributed by atoms with Crippen LogP contribution in [0.25, 0.3) is 0 Å². The first kappa shape index (κ1) is 8.92. The molecule has 0 rings (SSSR count). The fourth-order valence-corrected chi connectivity index (χ4v) is 0.407. The summed E-state index contributed by atoms with van der Waals surface area (Å²) in [5.74, 6) is -0.407. The van der Waals surface area contributed by atoms with Crippen molar-refractivity contribution in [2.45, 2.75) is 33.0 Å². The van der Waals surface area contributed by atoms with Gasteiger partial charge in [-0.1, -0.05) is 6.92 Å². The zero-order chi connectivity index (χ0) is 7.33. The minimum atomic E-state index is -0.407. The molecule has 0 radical (unpaired) electrons. The van der Waals surface area contributed by atoms with Crippen molar-refractivity contribution in [2.24, 2.45) is 0 Å². The number of hydrogen-bond donors (Lipinski definition) is 0. The van der Waals surface area contributed by atoms with E-state index in [0.29, 0.717) is 0 Å². The van der Waals surface area contributed by atoms with E-state index in [1.54, 1.807) is 7.11 Å². The first-order valence-corrected chi connectivity index (χ1v) is 3.31. The van der Waals surface area contributed by atoms with E-state index in [1.165, 1.54) is 0 Å². The summed E-state index contributed by atoms with van der Waals surface area (Å²) in [5.41, 5.74) is 0. The Balaban J connectivity index is 3.33. The standard InChI is InChI=1S/C7H16O2/c1-5-6-9-7(2,3)8-4/h5-6H2,1-4H3. The highest BCUT2D eigenvalue weighted by atomic mass is 16.7. The van der Waals surface area contributed by atoms with Crippen LogP contribution in [0.1, 0.15) is 27.2 Å². The Morgan fingerprint density at radius 3 is 2.22 bits per heavy atom. The maximum absolute atomic E-state index is 5.31. The molecule has 0 aliphatic heterocycles. The minimum absolute atomic E-state index is 0.407. The third kappa shape index (κ3) is 4.43. The van der Waals surface area contributed by atoms with E-state index in [4.69, 9.17) is 9.47 Å². The zero-order valence-corrected chi connectivity index (χ0v) is 6.73. The summed E-state index contributed by atoms with van der Waals surface area (Å²) in [6.45, 7) is 6.65. The maximum atomic E-state index is 5.31. The molecule has 0 amide bonds. The number of hydrogen-bond acceptors (Lipinski definition) is 2. The number of ether oxygens (including phenoxy) is 2. The van der Waals surface area contributed by atoms with E-state index in [9.17, 15) is 0 Å². The van der Waals surface area contributed by atoms with Gasteiger partial charge >= 0.3 is 0 Å². The molecule has 0 saturated heterocycles. The number of rotatable bonds is 4. The highest BCUT2D eigenvalue weighted by molar-refractivity contribution is 4.50. The van der Waals surface area contributed by atoms with Crippen molar-refractivity contribution < 1.29 is 9.47 Å². The molecule has 0 aromatic carbocycles. The molecule has 0 aromatic rings. The molecule has 0 saturated carbocycles. The van der Waals surface area contributed by atoms with Crippen LogP contribution in [-0.4, -0.2) is 19.5 Å². The molecule has 0 aliphatic rings. The Morgan fingerprint density at radius 1 is 1.33 bits per heavy atom. The molecule has 0 aliphatic carbocycles. The fourth-order valence-electron chi connectivity index (χ4n) is 0.407. The average molecular weight is 132 g/mol. The molecule has 2 nitrogen and oxygen atoms in total. The smallest absolute Gasteiger partial charge is 0.162 e. The second kappa shape index (κ2) is 3.85. The van der Waals surface area contributed by atoms with E-state index in [-0.39, 0.29) is 0 Å². The number of methoxy groups -OCH3 is 1. The molecular formula is C7H16O2. The molecule has 0 heterocycles. The van der Waals surface area contributed by atoms with Crippen molar-refractivity contribution in [3.63, 3.8) is 0 Å². The molecule has 2 heteroatoms. The van der Waals surface area contributed by atoms with Crippen LogP contribution in [0.4, 0.5) is 0 Å². The van der Waals surface area contributed by atoms with Gasteiger partial charge in [0.05, 0.1) is 0 Å². The van der Waals surface area contributed by atoms with Gasteiger partial charge in [-0.3, -0.25) is 0 Å². The lowest BCUT2D eigenvalue weighted by Crippen LogP contribution is -2.26. The second-order valence-corrected chi connectivity index (χ2v) is 2.45. The van der Waals surface area contributed by atoms with Gasteiger partial charge in [0.15, 0.2) is 5.79 Å². The van der Waals surface area contributed by atoms with Crippen LogP contribution in [0.5, 0.6) is 0 Å². The van der Waals surface area contributed by atoms with Gasteiger partial charge < -0.3 is 9.47 Å². The minimum Gasteiger partial charge on any atom is -0.354 e. The van der Waals surface area contributed by atoms with Crippen LogP contribution in [0.2, 0.25) is 0 Å². The molecule has 0 unspecified atom stereocenters. The summed E-state index contributed by atoms with van der Waals surface area (Å²) in [4.78, 5) is 0. The predicted molar refractivity (Wildman–Crippen MR) is 37.3 cm³/mol. The lowest BCUT2D eigenvalue weighted by molar-refractivity contribution is -0.196. The van der Waals surface area contributed by atoms with Gasteiger partial charge in [-0.15, -0.1) is 0 Å². The Hall–Kier alpha value is -0.0800. The topological polar surface area (TPSA) is 18.5 Å². The monoisotopic (exact) mass is 132 g/mol.